The molecule has 0 spiro atoms. The summed E-state index contributed by atoms with van der Waals surface area (Å²) in [5.74, 6) is 0.439. The largest absolute Gasteiger partial charge is 0.493 e. The number of fused-ring (bicyclic) bond motifs is 1. The number of carbonyl (C=O) groups is 1. The highest BCUT2D eigenvalue weighted by molar-refractivity contribution is 5.99. The molecule has 20 heavy (non-hydrogen) atoms. The van der Waals surface area contributed by atoms with Crippen LogP contribution in [0, 0.1) is 0 Å². The maximum atomic E-state index is 11.3. The van der Waals surface area contributed by atoms with Crippen molar-refractivity contribution < 1.29 is 24.1 Å². The van der Waals surface area contributed by atoms with E-state index in [1.165, 1.54) is 21.3 Å². The van der Waals surface area contributed by atoms with Gasteiger partial charge in [0.25, 0.3) is 0 Å². The normalized spacial score (nSPS) is 10.6. The summed E-state index contributed by atoms with van der Waals surface area (Å²) < 4.78 is 17.7. The van der Waals surface area contributed by atoms with Crippen LogP contribution in [0.2, 0.25) is 0 Å². The second-order valence-corrected chi connectivity index (χ2v) is 4.16. The van der Waals surface area contributed by atoms with Crippen molar-refractivity contribution in [3.63, 3.8) is 0 Å². The molecule has 0 saturated heterocycles. The first-order valence-electron chi connectivity index (χ1n) is 6.14. The minimum atomic E-state index is -0.983. The summed E-state index contributed by atoms with van der Waals surface area (Å²) in [6.45, 7) is 2.42. The Morgan fingerprint density at radius 3 is 2.25 bits per heavy atom. The van der Waals surface area contributed by atoms with E-state index in [1.807, 2.05) is 6.92 Å². The molecular formula is C14H17NO5. The standard InChI is InChI=1S/C14H17NO5/c1-5-15-9-7-11(18-2)13(20-4)12(19-3)8(9)6-10(15)14(16)17/h6-7H,5H2,1-4H3,(H,16,17). The minimum Gasteiger partial charge on any atom is -0.493 e. The third-order valence-corrected chi connectivity index (χ3v) is 3.24. The molecule has 6 nitrogen and oxygen atoms in total. The average Bonchev–Trinajstić information content (AvgIpc) is 2.83. The number of aromatic nitrogens is 1. The van der Waals surface area contributed by atoms with Gasteiger partial charge >= 0.3 is 5.97 Å². The summed E-state index contributed by atoms with van der Waals surface area (Å²) in [5.41, 5.74) is 0.940. The molecule has 0 saturated carbocycles. The maximum absolute atomic E-state index is 11.3. The monoisotopic (exact) mass is 279 g/mol. The van der Waals surface area contributed by atoms with Crippen molar-refractivity contribution >= 4 is 16.9 Å². The number of carboxylic acids is 1. The molecule has 1 aromatic heterocycles. The average molecular weight is 279 g/mol. The van der Waals surface area contributed by atoms with Gasteiger partial charge < -0.3 is 23.9 Å². The highest BCUT2D eigenvalue weighted by Crippen LogP contribution is 2.44. The smallest absolute Gasteiger partial charge is 0.352 e. The van der Waals surface area contributed by atoms with Gasteiger partial charge in [0.1, 0.15) is 5.69 Å². The van der Waals surface area contributed by atoms with Gasteiger partial charge in [-0.1, -0.05) is 0 Å². The number of rotatable bonds is 5. The fraction of sp³-hybridized carbons (Fsp3) is 0.357. The van der Waals surface area contributed by atoms with E-state index < -0.39 is 5.97 Å². The lowest BCUT2D eigenvalue weighted by molar-refractivity contribution is 0.0686. The molecule has 2 rings (SSSR count). The predicted molar refractivity (Wildman–Crippen MR) is 74.2 cm³/mol. The number of carboxylic acid groups (broad SMARTS) is 1. The number of aryl methyl sites for hydroxylation is 1. The van der Waals surface area contributed by atoms with Crippen molar-refractivity contribution in [1.82, 2.24) is 4.57 Å². The Balaban J connectivity index is 2.91. The Labute approximate surface area is 116 Å². The topological polar surface area (TPSA) is 69.9 Å². The lowest BCUT2D eigenvalue weighted by Crippen LogP contribution is -2.06. The Bertz CT molecular complexity index is 659. The van der Waals surface area contributed by atoms with Gasteiger partial charge in [0.15, 0.2) is 11.5 Å². The molecule has 1 N–H and O–H groups in total. The predicted octanol–water partition coefficient (Wildman–Crippen LogP) is 2.39. The molecule has 0 fully saturated rings. The molecule has 0 atom stereocenters. The van der Waals surface area contributed by atoms with Crippen LogP contribution in [0.4, 0.5) is 0 Å². The van der Waals surface area contributed by atoms with Crippen LogP contribution >= 0.6 is 0 Å². The molecule has 108 valence electrons. The summed E-state index contributed by atoms with van der Waals surface area (Å²) in [5, 5.41) is 9.97. The van der Waals surface area contributed by atoms with Crippen molar-refractivity contribution in [2.24, 2.45) is 0 Å². The van der Waals surface area contributed by atoms with E-state index in [4.69, 9.17) is 14.2 Å². The number of ether oxygens (including phenoxy) is 3. The first-order chi connectivity index (χ1) is 9.58. The summed E-state index contributed by atoms with van der Waals surface area (Å²) >= 11 is 0. The lowest BCUT2D eigenvalue weighted by atomic mass is 10.2. The first-order valence-corrected chi connectivity index (χ1v) is 6.14. The van der Waals surface area contributed by atoms with Gasteiger partial charge in [-0.15, -0.1) is 0 Å². The lowest BCUT2D eigenvalue weighted by Gasteiger charge is -2.14. The molecule has 0 aliphatic carbocycles. The van der Waals surface area contributed by atoms with Crippen molar-refractivity contribution in [2.45, 2.75) is 13.5 Å². The molecular weight excluding hydrogens is 262 g/mol. The number of hydrogen-bond acceptors (Lipinski definition) is 4. The highest BCUT2D eigenvalue weighted by atomic mass is 16.5. The van der Waals surface area contributed by atoms with Crippen LogP contribution in [0.1, 0.15) is 17.4 Å². The molecule has 6 heteroatoms. The van der Waals surface area contributed by atoms with Crippen LogP contribution in [0.5, 0.6) is 17.2 Å². The second kappa shape index (κ2) is 5.32. The van der Waals surface area contributed by atoms with Crippen molar-refractivity contribution in [2.75, 3.05) is 21.3 Å². The molecule has 0 aliphatic heterocycles. The number of hydrogen-bond donors (Lipinski definition) is 1. The number of nitrogens with zero attached hydrogens (tertiary/aromatic N) is 1. The quantitative estimate of drug-likeness (QED) is 0.910. The van der Waals surface area contributed by atoms with Gasteiger partial charge in [-0.2, -0.15) is 0 Å². The zero-order chi connectivity index (χ0) is 14.9. The van der Waals surface area contributed by atoms with Gasteiger partial charge in [-0.05, 0) is 13.0 Å². The Hall–Kier alpha value is -2.37. The molecule has 0 unspecified atom stereocenters. The molecule has 0 aliphatic rings. The van der Waals surface area contributed by atoms with Crippen molar-refractivity contribution in [1.29, 1.82) is 0 Å². The van der Waals surface area contributed by atoms with E-state index in [1.54, 1.807) is 16.7 Å². The summed E-state index contributed by atoms with van der Waals surface area (Å²) in [6, 6.07) is 3.34. The zero-order valence-electron chi connectivity index (χ0n) is 11.9. The Morgan fingerprint density at radius 2 is 1.80 bits per heavy atom. The van der Waals surface area contributed by atoms with Crippen LogP contribution < -0.4 is 14.2 Å². The minimum absolute atomic E-state index is 0.205. The molecule has 2 aromatic rings. The van der Waals surface area contributed by atoms with Crippen LogP contribution in [0.3, 0.4) is 0 Å². The van der Waals surface area contributed by atoms with E-state index in [2.05, 4.69) is 0 Å². The summed E-state index contributed by atoms with van der Waals surface area (Å²) in [4.78, 5) is 11.3. The van der Waals surface area contributed by atoms with E-state index in [9.17, 15) is 9.90 Å². The van der Waals surface area contributed by atoms with Crippen LogP contribution in [0.15, 0.2) is 12.1 Å². The second-order valence-electron chi connectivity index (χ2n) is 4.16. The van der Waals surface area contributed by atoms with Crippen LogP contribution in [-0.2, 0) is 6.54 Å². The van der Waals surface area contributed by atoms with Gasteiger partial charge in [-0.25, -0.2) is 4.79 Å². The van der Waals surface area contributed by atoms with Crippen LogP contribution in [0.25, 0.3) is 10.9 Å². The maximum Gasteiger partial charge on any atom is 0.352 e. The molecule has 1 aromatic carbocycles. The van der Waals surface area contributed by atoms with E-state index in [-0.39, 0.29) is 5.69 Å². The van der Waals surface area contributed by atoms with Crippen LogP contribution in [-0.4, -0.2) is 37.0 Å². The van der Waals surface area contributed by atoms with Crippen molar-refractivity contribution in [3.05, 3.63) is 17.8 Å². The molecule has 1 heterocycles. The number of methoxy groups -OCH3 is 3. The first kappa shape index (κ1) is 14.0. The Kier molecular flexibility index (Phi) is 3.74. The SMILES string of the molecule is CCn1c(C(=O)O)cc2c(OC)c(OC)c(OC)cc21. The molecule has 0 amide bonds. The highest BCUT2D eigenvalue weighted by Gasteiger charge is 2.22. The van der Waals surface area contributed by atoms with E-state index in [0.29, 0.717) is 29.2 Å². The van der Waals surface area contributed by atoms with Gasteiger partial charge in [0.2, 0.25) is 5.75 Å². The van der Waals surface area contributed by atoms with Gasteiger partial charge in [0.05, 0.1) is 26.8 Å². The number of benzene rings is 1. The number of aromatic carboxylic acids is 1. The molecule has 0 radical (unpaired) electrons. The van der Waals surface area contributed by atoms with Gasteiger partial charge in [-0.3, -0.25) is 0 Å². The third-order valence-electron chi connectivity index (χ3n) is 3.24. The molecule has 0 bridgehead atoms. The fourth-order valence-corrected chi connectivity index (χ4v) is 2.39. The summed E-state index contributed by atoms with van der Waals surface area (Å²) in [7, 11) is 4.56. The van der Waals surface area contributed by atoms with Gasteiger partial charge in [0, 0.05) is 18.0 Å². The fourth-order valence-electron chi connectivity index (χ4n) is 2.39. The van der Waals surface area contributed by atoms with E-state index >= 15 is 0 Å². The summed E-state index contributed by atoms with van der Waals surface area (Å²) in [6.07, 6.45) is 0. The third kappa shape index (κ3) is 1.93. The Morgan fingerprint density at radius 1 is 1.15 bits per heavy atom. The van der Waals surface area contributed by atoms with Crippen molar-refractivity contribution in [3.8, 4) is 17.2 Å². The van der Waals surface area contributed by atoms with E-state index in [0.717, 1.165) is 5.52 Å². The zero-order valence-corrected chi connectivity index (χ0v) is 11.9.